The maximum Gasteiger partial charge on any atom is 0.271 e. The first-order valence-electron chi connectivity index (χ1n) is 7.48. The molecule has 2 aromatic carbocycles. The normalized spacial score (nSPS) is 11.1. The SMILES string of the molecule is CCOc1ccc(/C=N\NC(=O)c2ccc3nc(N)sc3c2)cc1Cl. The highest BCUT2D eigenvalue weighted by Gasteiger charge is 2.08. The quantitative estimate of drug-likeness (QED) is 0.526. The standard InChI is InChI=1S/C17H15ClN4O2S/c1-2-24-14-6-3-10(7-12(14)18)9-20-22-16(23)11-4-5-13-15(8-11)25-17(19)21-13/h3-9H,2H2,1H3,(H2,19,21)(H,22,23)/b20-9-. The third kappa shape index (κ3) is 4.07. The minimum atomic E-state index is -0.317. The summed E-state index contributed by atoms with van der Waals surface area (Å²) in [6.45, 7) is 2.43. The van der Waals surface area contributed by atoms with Crippen LogP contribution in [0.2, 0.25) is 5.02 Å². The second-order valence-corrected chi connectivity index (χ2v) is 6.53. The van der Waals surface area contributed by atoms with Crippen LogP contribution in [0.5, 0.6) is 5.75 Å². The van der Waals surface area contributed by atoms with Gasteiger partial charge in [0.05, 0.1) is 28.1 Å². The molecule has 0 unspecified atom stereocenters. The largest absolute Gasteiger partial charge is 0.492 e. The number of nitrogens with zero attached hydrogens (tertiary/aromatic N) is 2. The summed E-state index contributed by atoms with van der Waals surface area (Å²) in [5.41, 5.74) is 10.2. The smallest absolute Gasteiger partial charge is 0.271 e. The number of benzene rings is 2. The van der Waals surface area contributed by atoms with Crippen LogP contribution < -0.4 is 15.9 Å². The van der Waals surface area contributed by atoms with Crippen LogP contribution in [0, 0.1) is 0 Å². The molecular weight excluding hydrogens is 360 g/mol. The number of thiazole rings is 1. The molecule has 3 N–H and O–H groups in total. The molecule has 3 aromatic rings. The minimum absolute atomic E-state index is 0.317. The number of ether oxygens (including phenoxy) is 1. The van der Waals surface area contributed by atoms with E-state index in [9.17, 15) is 4.79 Å². The average Bonchev–Trinajstić information content (AvgIpc) is 2.96. The van der Waals surface area contributed by atoms with E-state index in [0.717, 1.165) is 15.8 Å². The van der Waals surface area contributed by atoms with Gasteiger partial charge in [0.15, 0.2) is 5.13 Å². The molecule has 0 fully saturated rings. The summed E-state index contributed by atoms with van der Waals surface area (Å²) in [6, 6.07) is 10.5. The van der Waals surface area contributed by atoms with Crippen molar-refractivity contribution in [2.75, 3.05) is 12.3 Å². The number of nitrogens with two attached hydrogens (primary N) is 1. The summed E-state index contributed by atoms with van der Waals surface area (Å²) in [7, 11) is 0. The third-order valence-electron chi connectivity index (χ3n) is 3.30. The predicted octanol–water partition coefficient (Wildman–Crippen LogP) is 3.69. The van der Waals surface area contributed by atoms with Gasteiger partial charge in [0.2, 0.25) is 0 Å². The molecule has 3 rings (SSSR count). The molecule has 0 saturated heterocycles. The van der Waals surface area contributed by atoms with Gasteiger partial charge in [-0.2, -0.15) is 5.10 Å². The maximum atomic E-state index is 12.2. The summed E-state index contributed by atoms with van der Waals surface area (Å²) in [5.74, 6) is 0.296. The van der Waals surface area contributed by atoms with Crippen LogP contribution in [-0.4, -0.2) is 23.7 Å². The lowest BCUT2D eigenvalue weighted by molar-refractivity contribution is 0.0955. The predicted molar refractivity (Wildman–Crippen MR) is 102 cm³/mol. The van der Waals surface area contributed by atoms with E-state index >= 15 is 0 Å². The van der Waals surface area contributed by atoms with E-state index in [2.05, 4.69) is 15.5 Å². The van der Waals surface area contributed by atoms with Gasteiger partial charge in [0.1, 0.15) is 5.75 Å². The second kappa shape index (κ2) is 7.50. The number of aromatic nitrogens is 1. The van der Waals surface area contributed by atoms with Crippen LogP contribution >= 0.6 is 22.9 Å². The summed E-state index contributed by atoms with van der Waals surface area (Å²) in [4.78, 5) is 16.3. The van der Waals surface area contributed by atoms with Gasteiger partial charge < -0.3 is 10.5 Å². The van der Waals surface area contributed by atoms with E-state index in [1.807, 2.05) is 6.92 Å². The fourth-order valence-electron chi connectivity index (χ4n) is 2.18. The van der Waals surface area contributed by atoms with Crippen molar-refractivity contribution in [2.24, 2.45) is 5.10 Å². The molecule has 1 amide bonds. The lowest BCUT2D eigenvalue weighted by Crippen LogP contribution is -2.17. The molecule has 1 heterocycles. The Morgan fingerprint density at radius 2 is 2.24 bits per heavy atom. The van der Waals surface area contributed by atoms with Crippen molar-refractivity contribution < 1.29 is 9.53 Å². The van der Waals surface area contributed by atoms with Gasteiger partial charge >= 0.3 is 0 Å². The van der Waals surface area contributed by atoms with Gasteiger partial charge in [-0.1, -0.05) is 22.9 Å². The molecule has 0 bridgehead atoms. The molecule has 0 saturated carbocycles. The maximum absolute atomic E-state index is 12.2. The number of carbonyl (C=O) groups excluding carboxylic acids is 1. The van der Waals surface area contributed by atoms with E-state index in [0.29, 0.717) is 28.1 Å². The molecule has 0 aliphatic rings. The van der Waals surface area contributed by atoms with Crippen molar-refractivity contribution in [1.29, 1.82) is 0 Å². The van der Waals surface area contributed by atoms with Crippen molar-refractivity contribution in [1.82, 2.24) is 10.4 Å². The Hall–Kier alpha value is -2.64. The highest BCUT2D eigenvalue weighted by molar-refractivity contribution is 7.22. The topological polar surface area (TPSA) is 89.6 Å². The lowest BCUT2D eigenvalue weighted by atomic mass is 10.2. The molecule has 0 radical (unpaired) electrons. The van der Waals surface area contributed by atoms with Crippen LogP contribution in [0.1, 0.15) is 22.8 Å². The summed E-state index contributed by atoms with van der Waals surface area (Å²) in [6.07, 6.45) is 1.52. The van der Waals surface area contributed by atoms with Gasteiger partial charge in [0.25, 0.3) is 5.91 Å². The van der Waals surface area contributed by atoms with E-state index in [-0.39, 0.29) is 5.91 Å². The van der Waals surface area contributed by atoms with Gasteiger partial charge in [-0.05, 0) is 48.9 Å². The molecular formula is C17H15ClN4O2S. The van der Waals surface area contributed by atoms with Crippen molar-refractivity contribution in [3.05, 3.63) is 52.5 Å². The Bertz CT molecular complexity index is 955. The number of anilines is 1. The highest BCUT2D eigenvalue weighted by atomic mass is 35.5. The summed E-state index contributed by atoms with van der Waals surface area (Å²) >= 11 is 7.45. The van der Waals surface area contributed by atoms with Crippen LogP contribution in [0.4, 0.5) is 5.13 Å². The van der Waals surface area contributed by atoms with Gasteiger partial charge in [-0.3, -0.25) is 4.79 Å². The van der Waals surface area contributed by atoms with E-state index in [1.165, 1.54) is 17.6 Å². The Morgan fingerprint density at radius 1 is 1.40 bits per heavy atom. The van der Waals surface area contributed by atoms with Crippen LogP contribution in [0.25, 0.3) is 10.2 Å². The number of carbonyl (C=O) groups is 1. The first-order chi connectivity index (χ1) is 12.1. The molecule has 6 nitrogen and oxygen atoms in total. The van der Waals surface area contributed by atoms with Crippen LogP contribution in [0.15, 0.2) is 41.5 Å². The monoisotopic (exact) mass is 374 g/mol. The van der Waals surface area contributed by atoms with Crippen molar-refractivity contribution >= 4 is 50.4 Å². The zero-order valence-electron chi connectivity index (χ0n) is 13.3. The highest BCUT2D eigenvalue weighted by Crippen LogP contribution is 2.25. The number of hydrogen-bond acceptors (Lipinski definition) is 6. The molecule has 1 aromatic heterocycles. The Labute approximate surface area is 153 Å². The Morgan fingerprint density at radius 3 is 3.00 bits per heavy atom. The number of hydrazone groups is 1. The molecule has 0 atom stereocenters. The van der Waals surface area contributed by atoms with Gasteiger partial charge in [-0.15, -0.1) is 0 Å². The summed E-state index contributed by atoms with van der Waals surface area (Å²) < 4.78 is 6.22. The van der Waals surface area contributed by atoms with Gasteiger partial charge in [-0.25, -0.2) is 10.4 Å². The van der Waals surface area contributed by atoms with E-state index < -0.39 is 0 Å². The van der Waals surface area contributed by atoms with Crippen LogP contribution in [0.3, 0.4) is 0 Å². The fraction of sp³-hybridized carbons (Fsp3) is 0.118. The lowest BCUT2D eigenvalue weighted by Gasteiger charge is -2.05. The minimum Gasteiger partial charge on any atom is -0.492 e. The second-order valence-electron chi connectivity index (χ2n) is 5.06. The number of halogens is 1. The van der Waals surface area contributed by atoms with Crippen molar-refractivity contribution in [3.63, 3.8) is 0 Å². The molecule has 8 heteroatoms. The molecule has 0 aliphatic heterocycles. The fourth-order valence-corrected chi connectivity index (χ4v) is 3.20. The molecule has 0 aliphatic carbocycles. The van der Waals surface area contributed by atoms with Gasteiger partial charge in [0, 0.05) is 5.56 Å². The van der Waals surface area contributed by atoms with Crippen molar-refractivity contribution in [2.45, 2.75) is 6.92 Å². The number of fused-ring (bicyclic) bond motifs is 1. The van der Waals surface area contributed by atoms with Crippen molar-refractivity contribution in [3.8, 4) is 5.75 Å². The van der Waals surface area contributed by atoms with E-state index in [1.54, 1.807) is 36.4 Å². The third-order valence-corrected chi connectivity index (χ3v) is 4.45. The average molecular weight is 375 g/mol. The summed E-state index contributed by atoms with van der Waals surface area (Å²) in [5, 5.41) is 4.92. The number of rotatable bonds is 5. The Balaban J connectivity index is 1.68. The van der Waals surface area contributed by atoms with Crippen LogP contribution in [-0.2, 0) is 0 Å². The zero-order chi connectivity index (χ0) is 17.8. The Kier molecular flexibility index (Phi) is 5.16. The number of hydrogen-bond donors (Lipinski definition) is 2. The zero-order valence-corrected chi connectivity index (χ0v) is 14.9. The molecule has 128 valence electrons. The number of nitrogen functional groups attached to an aromatic ring is 1. The molecule has 25 heavy (non-hydrogen) atoms. The number of amides is 1. The first kappa shape index (κ1) is 17.2. The molecule has 0 spiro atoms. The number of nitrogens with one attached hydrogen (secondary N) is 1. The first-order valence-corrected chi connectivity index (χ1v) is 8.68. The van der Waals surface area contributed by atoms with E-state index in [4.69, 9.17) is 22.1 Å².